The Kier molecular flexibility index (Phi) is 8.40. The molecule has 8 heteroatoms. The van der Waals surface area contributed by atoms with Gasteiger partial charge in [-0.25, -0.2) is 9.79 Å². The summed E-state index contributed by atoms with van der Waals surface area (Å²) in [4.78, 5) is 48.8. The summed E-state index contributed by atoms with van der Waals surface area (Å²) in [5.74, 6) is -0.294. The van der Waals surface area contributed by atoms with Crippen LogP contribution in [-0.4, -0.2) is 29.6 Å². The number of thiazole rings is 1. The van der Waals surface area contributed by atoms with Crippen LogP contribution in [0.25, 0.3) is 5.57 Å². The second-order valence-corrected chi connectivity index (χ2v) is 11.7. The lowest BCUT2D eigenvalue weighted by molar-refractivity contribution is -0.139. The average molecular weight is 572 g/mol. The average Bonchev–Trinajstić information content (AvgIpc) is 3.43. The molecule has 0 fully saturated rings. The lowest BCUT2D eigenvalue weighted by Crippen LogP contribution is -2.41. The van der Waals surface area contributed by atoms with Gasteiger partial charge in [0.15, 0.2) is 4.80 Å². The van der Waals surface area contributed by atoms with Crippen molar-refractivity contribution >= 4 is 34.5 Å². The summed E-state index contributed by atoms with van der Waals surface area (Å²) < 4.78 is 7.46. The number of unbranched alkanes of at least 4 members (excludes halogenated alkanes) is 1. The van der Waals surface area contributed by atoms with Gasteiger partial charge in [0, 0.05) is 12.1 Å². The van der Waals surface area contributed by atoms with Gasteiger partial charge >= 0.3 is 5.97 Å². The van der Waals surface area contributed by atoms with Gasteiger partial charge < -0.3 is 9.64 Å². The maximum Gasteiger partial charge on any atom is 0.338 e. The largest absolute Gasteiger partial charge is 0.463 e. The van der Waals surface area contributed by atoms with Crippen molar-refractivity contribution in [2.45, 2.75) is 72.3 Å². The molecule has 0 bridgehead atoms. The minimum Gasteiger partial charge on any atom is -0.463 e. The second-order valence-electron chi connectivity index (χ2n) is 10.8. The molecule has 0 aliphatic carbocycles. The van der Waals surface area contributed by atoms with E-state index in [2.05, 4.69) is 20.8 Å². The number of fused-ring (bicyclic) bond motifs is 2. The van der Waals surface area contributed by atoms with E-state index in [1.807, 2.05) is 55.5 Å². The highest BCUT2D eigenvalue weighted by Gasteiger charge is 2.37. The van der Waals surface area contributed by atoms with Gasteiger partial charge in [0.05, 0.1) is 35.2 Å². The van der Waals surface area contributed by atoms with Crippen molar-refractivity contribution in [2.24, 2.45) is 4.99 Å². The number of hydrogen-bond donors (Lipinski definition) is 0. The van der Waals surface area contributed by atoms with Crippen LogP contribution in [0, 0.1) is 0 Å². The number of esters is 1. The Bertz CT molecular complexity index is 1690. The van der Waals surface area contributed by atoms with E-state index in [4.69, 9.17) is 9.73 Å². The quantitative estimate of drug-likeness (QED) is 0.330. The Morgan fingerprint density at radius 1 is 1.02 bits per heavy atom. The van der Waals surface area contributed by atoms with Crippen LogP contribution in [0.1, 0.15) is 89.0 Å². The summed E-state index contributed by atoms with van der Waals surface area (Å²) in [5, 5.41) is 0. The van der Waals surface area contributed by atoms with Gasteiger partial charge in [0.2, 0.25) is 0 Å². The van der Waals surface area contributed by atoms with Crippen molar-refractivity contribution in [3.8, 4) is 0 Å². The molecule has 0 N–H and O–H groups in total. The molecular formula is C33H37N3O4S. The summed E-state index contributed by atoms with van der Waals surface area (Å²) in [7, 11) is 0. The van der Waals surface area contributed by atoms with Gasteiger partial charge in [-0.15, -0.1) is 0 Å². The standard InChI is InChI=1S/C33H37N3O4S/c1-6-9-19-35-25-14-11-10-13-23(25)26(30(35)37)29-31(38)36-28(22-17-15-21(16-18-22)20(4)5)27(32(39)40-8-3)24(12-7-2)34-33(36)41-29/h10-11,13-18,20,28H,6-9,12,19H2,1-5H3/b29-26+/t28-/m1/s1. The molecule has 7 nitrogen and oxygen atoms in total. The Balaban J connectivity index is 1.80. The van der Waals surface area contributed by atoms with Gasteiger partial charge in [0.25, 0.3) is 11.5 Å². The Labute approximate surface area is 244 Å². The van der Waals surface area contributed by atoms with Crippen LogP contribution >= 0.6 is 11.3 Å². The van der Waals surface area contributed by atoms with Crippen molar-refractivity contribution in [3.63, 3.8) is 0 Å². The first-order valence-corrected chi connectivity index (χ1v) is 15.4. The van der Waals surface area contributed by atoms with E-state index in [1.54, 1.807) is 16.4 Å². The fraction of sp³-hybridized carbons (Fsp3) is 0.394. The molecule has 1 atom stereocenters. The van der Waals surface area contributed by atoms with E-state index in [1.165, 1.54) is 16.9 Å². The molecule has 0 radical (unpaired) electrons. The lowest BCUT2D eigenvalue weighted by Gasteiger charge is -2.26. The van der Waals surface area contributed by atoms with Crippen LogP contribution < -0.4 is 19.8 Å². The first-order valence-electron chi connectivity index (χ1n) is 14.6. The number of benzene rings is 2. The molecule has 214 valence electrons. The summed E-state index contributed by atoms with van der Waals surface area (Å²) in [6.45, 7) is 11.0. The number of rotatable bonds is 9. The summed E-state index contributed by atoms with van der Waals surface area (Å²) in [5.41, 5.74) is 4.66. The van der Waals surface area contributed by atoms with Gasteiger partial charge in [0.1, 0.15) is 4.53 Å². The van der Waals surface area contributed by atoms with E-state index in [0.717, 1.165) is 36.1 Å². The lowest BCUT2D eigenvalue weighted by atomic mass is 9.92. The first kappa shape index (κ1) is 28.7. The summed E-state index contributed by atoms with van der Waals surface area (Å²) in [6, 6.07) is 15.0. The van der Waals surface area contributed by atoms with Gasteiger partial charge in [-0.05, 0) is 42.9 Å². The zero-order valence-corrected chi connectivity index (χ0v) is 25.2. The summed E-state index contributed by atoms with van der Waals surface area (Å²) in [6.07, 6.45) is 3.16. The summed E-state index contributed by atoms with van der Waals surface area (Å²) >= 11 is 1.23. The molecular weight excluding hydrogens is 534 g/mol. The number of anilines is 1. The van der Waals surface area contributed by atoms with Crippen LogP contribution in [0.2, 0.25) is 0 Å². The first-order chi connectivity index (χ1) is 19.8. The predicted molar refractivity (Wildman–Crippen MR) is 163 cm³/mol. The number of nitrogens with zero attached hydrogens (tertiary/aromatic N) is 3. The van der Waals surface area contributed by atoms with Crippen molar-refractivity contribution in [2.75, 3.05) is 18.1 Å². The number of hydrogen-bond acceptors (Lipinski definition) is 6. The predicted octanol–water partition coefficient (Wildman–Crippen LogP) is 5.22. The number of allylic oxidation sites excluding steroid dienone is 1. The highest BCUT2D eigenvalue weighted by atomic mass is 32.1. The Morgan fingerprint density at radius 2 is 1.76 bits per heavy atom. The zero-order valence-electron chi connectivity index (χ0n) is 24.4. The molecule has 3 aromatic rings. The number of para-hydroxylation sites is 1. The number of carbonyl (C=O) groups is 2. The Hall–Kier alpha value is -3.78. The number of amides is 1. The van der Waals surface area contributed by atoms with Crippen molar-refractivity contribution in [3.05, 3.63) is 96.2 Å². The topological polar surface area (TPSA) is 81.0 Å². The molecule has 5 rings (SSSR count). The molecule has 1 amide bonds. The third-order valence-electron chi connectivity index (χ3n) is 7.67. The third-order valence-corrected chi connectivity index (χ3v) is 8.73. The van der Waals surface area contributed by atoms with E-state index < -0.39 is 12.0 Å². The molecule has 2 aliphatic heterocycles. The highest BCUT2D eigenvalue weighted by molar-refractivity contribution is 7.07. The fourth-order valence-electron chi connectivity index (χ4n) is 5.59. The van der Waals surface area contributed by atoms with E-state index in [9.17, 15) is 14.4 Å². The molecule has 0 spiro atoms. The van der Waals surface area contributed by atoms with Crippen LogP contribution in [0.5, 0.6) is 0 Å². The van der Waals surface area contributed by atoms with Crippen LogP contribution in [-0.2, 0) is 14.3 Å². The van der Waals surface area contributed by atoms with Crippen LogP contribution in [0.4, 0.5) is 5.69 Å². The van der Waals surface area contributed by atoms with Crippen molar-refractivity contribution in [1.29, 1.82) is 0 Å². The minimum absolute atomic E-state index is 0.166. The number of aromatic nitrogens is 1. The molecule has 0 unspecified atom stereocenters. The monoisotopic (exact) mass is 571 g/mol. The minimum atomic E-state index is -0.703. The Morgan fingerprint density at radius 3 is 2.41 bits per heavy atom. The molecule has 2 aromatic carbocycles. The van der Waals surface area contributed by atoms with Crippen molar-refractivity contribution < 1.29 is 14.3 Å². The fourth-order valence-corrected chi connectivity index (χ4v) is 6.70. The van der Waals surface area contributed by atoms with Crippen LogP contribution in [0.3, 0.4) is 0 Å². The smallest absolute Gasteiger partial charge is 0.338 e. The molecule has 3 heterocycles. The molecule has 0 saturated carbocycles. The maximum atomic E-state index is 14.4. The van der Waals surface area contributed by atoms with Crippen molar-refractivity contribution in [1.82, 2.24) is 4.57 Å². The molecule has 2 aliphatic rings. The highest BCUT2D eigenvalue weighted by Crippen LogP contribution is 2.36. The normalized spacial score (nSPS) is 17.6. The molecule has 1 aromatic heterocycles. The second kappa shape index (κ2) is 12.0. The van der Waals surface area contributed by atoms with Gasteiger partial charge in [-0.1, -0.05) is 94.3 Å². The zero-order chi connectivity index (χ0) is 29.3. The molecule has 0 saturated heterocycles. The van der Waals surface area contributed by atoms with E-state index in [0.29, 0.717) is 45.1 Å². The van der Waals surface area contributed by atoms with Gasteiger partial charge in [-0.3, -0.25) is 14.2 Å². The number of carbonyl (C=O) groups excluding carboxylic acids is 2. The maximum absolute atomic E-state index is 14.4. The number of ether oxygens (including phenoxy) is 1. The SMILES string of the molecule is CCCCN1C(=O)/C(=c2/sc3n(c2=O)[C@H](c2ccc(C(C)C)cc2)C(C(=O)OCC)=C(CCC)N=3)c2ccccc21. The van der Waals surface area contributed by atoms with E-state index in [-0.39, 0.29) is 18.1 Å². The third kappa shape index (κ3) is 5.10. The van der Waals surface area contributed by atoms with Gasteiger partial charge in [-0.2, -0.15) is 0 Å². The van der Waals surface area contributed by atoms with E-state index >= 15 is 0 Å². The molecule has 41 heavy (non-hydrogen) atoms. The van der Waals surface area contributed by atoms with Crippen LogP contribution in [0.15, 0.2) is 69.6 Å².